The van der Waals surface area contributed by atoms with Crippen LogP contribution in [0.15, 0.2) is 174 Å². The molecule has 0 aliphatic heterocycles. The number of anilines is 3. The van der Waals surface area contributed by atoms with Gasteiger partial charge in [-0.25, -0.2) is 8.78 Å². The molecule has 0 heterocycles. The second kappa shape index (κ2) is 17.6. The fraction of sp³-hybridized carbons (Fsp3) is 0.154. The Balaban J connectivity index is 0.000000161. The summed E-state index contributed by atoms with van der Waals surface area (Å²) in [6.45, 7) is 13.2. The van der Waals surface area contributed by atoms with Gasteiger partial charge in [-0.05, 0) is 126 Å². The molecule has 0 amide bonds. The fourth-order valence-corrected chi connectivity index (χ4v) is 7.15. The average Bonchev–Trinajstić information content (AvgIpc) is 3.17. The highest BCUT2D eigenvalue weighted by atomic mass is 79.9. The van der Waals surface area contributed by atoms with E-state index in [1.807, 2.05) is 84.9 Å². The molecule has 0 atom stereocenters. The lowest BCUT2D eigenvalue weighted by molar-refractivity contribution is 0.590. The van der Waals surface area contributed by atoms with Crippen LogP contribution < -0.4 is 11.1 Å². The predicted octanol–water partition coefficient (Wildman–Crippen LogP) is 15.7. The number of fused-ring (bicyclic) bond motifs is 2. The van der Waals surface area contributed by atoms with Gasteiger partial charge in [0.2, 0.25) is 0 Å². The lowest BCUT2D eigenvalue weighted by Gasteiger charge is -2.19. The number of benzene rings is 8. The van der Waals surface area contributed by atoms with Crippen LogP contribution >= 0.6 is 15.9 Å². The van der Waals surface area contributed by atoms with Gasteiger partial charge in [0.15, 0.2) is 0 Å². The van der Waals surface area contributed by atoms with Crippen LogP contribution in [0.4, 0.5) is 25.8 Å². The molecular formula is C52H49BrF2N2. The van der Waals surface area contributed by atoms with Crippen molar-refractivity contribution in [2.24, 2.45) is 0 Å². The monoisotopic (exact) mass is 818 g/mol. The third-order valence-corrected chi connectivity index (χ3v) is 10.2. The number of hydrogen-bond donors (Lipinski definition) is 2. The van der Waals surface area contributed by atoms with E-state index in [1.165, 1.54) is 23.3 Å². The molecule has 0 bridgehead atoms. The SMILES string of the molecule is CC(C)(C)c1ccc(N)cc1.CC(C)(C)c1ccc(Nc2cc(F)cc(-c3cccc4ccccc34)c2)cc1.Fc1cc(Br)cc(-c2cccc3ccccc23)c1. The van der Waals surface area contributed by atoms with E-state index in [9.17, 15) is 8.78 Å². The Bertz CT molecular complexity index is 2570. The first kappa shape index (κ1) is 40.9. The Morgan fingerprint density at radius 3 is 1.39 bits per heavy atom. The molecule has 0 aliphatic rings. The minimum Gasteiger partial charge on any atom is -0.399 e. The van der Waals surface area contributed by atoms with E-state index in [-0.39, 0.29) is 22.5 Å². The van der Waals surface area contributed by atoms with Crippen LogP contribution in [0.3, 0.4) is 0 Å². The summed E-state index contributed by atoms with van der Waals surface area (Å²) >= 11 is 3.33. The molecule has 57 heavy (non-hydrogen) atoms. The van der Waals surface area contributed by atoms with Gasteiger partial charge in [0.25, 0.3) is 0 Å². The van der Waals surface area contributed by atoms with Gasteiger partial charge >= 0.3 is 0 Å². The molecule has 288 valence electrons. The molecule has 2 nitrogen and oxygen atoms in total. The predicted molar refractivity (Wildman–Crippen MR) is 244 cm³/mol. The van der Waals surface area contributed by atoms with Crippen molar-refractivity contribution in [3.8, 4) is 22.3 Å². The fourth-order valence-electron chi connectivity index (χ4n) is 6.68. The normalized spacial score (nSPS) is 11.3. The summed E-state index contributed by atoms with van der Waals surface area (Å²) in [6, 6.07) is 55.0. The number of halogens is 3. The van der Waals surface area contributed by atoms with E-state index >= 15 is 0 Å². The molecular weight excluding hydrogens is 770 g/mol. The Morgan fingerprint density at radius 1 is 0.456 bits per heavy atom. The molecule has 0 saturated carbocycles. The second-order valence-electron chi connectivity index (χ2n) is 16.3. The average molecular weight is 820 g/mol. The van der Waals surface area contributed by atoms with Crippen LogP contribution in [0, 0.1) is 11.6 Å². The Labute approximate surface area is 344 Å². The minimum absolute atomic E-state index is 0.110. The van der Waals surface area contributed by atoms with E-state index in [0.717, 1.165) is 65.3 Å². The molecule has 0 aliphatic carbocycles. The van der Waals surface area contributed by atoms with Crippen molar-refractivity contribution in [1.82, 2.24) is 0 Å². The van der Waals surface area contributed by atoms with Crippen molar-refractivity contribution in [3.63, 3.8) is 0 Å². The van der Waals surface area contributed by atoms with Crippen LogP contribution in [0.5, 0.6) is 0 Å². The largest absolute Gasteiger partial charge is 0.399 e. The van der Waals surface area contributed by atoms with Gasteiger partial charge in [0.05, 0.1) is 0 Å². The highest BCUT2D eigenvalue weighted by molar-refractivity contribution is 9.10. The summed E-state index contributed by atoms with van der Waals surface area (Å²) in [5.41, 5.74) is 14.9. The van der Waals surface area contributed by atoms with Crippen LogP contribution in [0.2, 0.25) is 0 Å². The Morgan fingerprint density at radius 2 is 0.895 bits per heavy atom. The molecule has 0 radical (unpaired) electrons. The summed E-state index contributed by atoms with van der Waals surface area (Å²) in [7, 11) is 0. The van der Waals surface area contributed by atoms with Crippen molar-refractivity contribution >= 4 is 54.5 Å². The van der Waals surface area contributed by atoms with E-state index in [0.29, 0.717) is 0 Å². The van der Waals surface area contributed by atoms with Crippen molar-refractivity contribution in [3.05, 3.63) is 197 Å². The Hall–Kier alpha value is -5.78. The quantitative estimate of drug-likeness (QED) is 0.174. The van der Waals surface area contributed by atoms with Crippen molar-refractivity contribution in [2.75, 3.05) is 11.1 Å². The molecule has 0 fully saturated rings. The summed E-state index contributed by atoms with van der Waals surface area (Å²) in [5.74, 6) is -0.480. The first-order valence-corrected chi connectivity index (χ1v) is 19.9. The number of nitrogens with one attached hydrogen (secondary N) is 1. The van der Waals surface area contributed by atoms with Crippen molar-refractivity contribution < 1.29 is 8.78 Å². The van der Waals surface area contributed by atoms with E-state index in [4.69, 9.17) is 5.73 Å². The highest BCUT2D eigenvalue weighted by Gasteiger charge is 2.14. The zero-order valence-corrected chi connectivity index (χ0v) is 35.0. The molecule has 8 aromatic rings. The minimum atomic E-state index is -0.251. The van der Waals surface area contributed by atoms with Crippen molar-refractivity contribution in [1.29, 1.82) is 0 Å². The van der Waals surface area contributed by atoms with Crippen LogP contribution in [-0.2, 0) is 10.8 Å². The molecule has 5 heteroatoms. The summed E-state index contributed by atoms with van der Waals surface area (Å²) < 4.78 is 28.6. The van der Waals surface area contributed by atoms with Crippen LogP contribution in [0.25, 0.3) is 43.8 Å². The highest BCUT2D eigenvalue weighted by Crippen LogP contribution is 2.33. The molecule has 8 rings (SSSR count). The first-order chi connectivity index (χ1) is 27.1. The van der Waals surface area contributed by atoms with Crippen LogP contribution in [0.1, 0.15) is 52.7 Å². The van der Waals surface area contributed by atoms with Gasteiger partial charge in [0, 0.05) is 21.5 Å². The number of rotatable bonds is 4. The second-order valence-corrected chi connectivity index (χ2v) is 17.2. The third-order valence-electron chi connectivity index (χ3n) is 9.78. The molecule has 8 aromatic carbocycles. The molecule has 0 aromatic heterocycles. The summed E-state index contributed by atoms with van der Waals surface area (Å²) in [4.78, 5) is 0. The van der Waals surface area contributed by atoms with E-state index < -0.39 is 0 Å². The zero-order chi connectivity index (χ0) is 40.7. The number of nitrogen functional groups attached to an aromatic ring is 1. The van der Waals surface area contributed by atoms with E-state index in [1.54, 1.807) is 12.1 Å². The maximum Gasteiger partial charge on any atom is 0.125 e. The van der Waals surface area contributed by atoms with Crippen molar-refractivity contribution in [2.45, 2.75) is 52.4 Å². The maximum atomic E-state index is 14.4. The van der Waals surface area contributed by atoms with Crippen LogP contribution in [-0.4, -0.2) is 0 Å². The topological polar surface area (TPSA) is 38.0 Å². The van der Waals surface area contributed by atoms with Gasteiger partial charge in [-0.15, -0.1) is 0 Å². The molecule has 0 spiro atoms. The third kappa shape index (κ3) is 10.8. The lowest BCUT2D eigenvalue weighted by atomic mass is 9.87. The van der Waals surface area contributed by atoms with E-state index in [2.05, 4.69) is 123 Å². The van der Waals surface area contributed by atoms with Gasteiger partial charge in [-0.3, -0.25) is 0 Å². The zero-order valence-electron chi connectivity index (χ0n) is 33.4. The Kier molecular flexibility index (Phi) is 12.6. The lowest BCUT2D eigenvalue weighted by Crippen LogP contribution is -2.10. The first-order valence-electron chi connectivity index (χ1n) is 19.1. The molecule has 3 N–H and O–H groups in total. The molecule has 0 unspecified atom stereocenters. The smallest absolute Gasteiger partial charge is 0.125 e. The van der Waals surface area contributed by atoms with Gasteiger partial charge < -0.3 is 11.1 Å². The molecule has 0 saturated heterocycles. The number of hydrogen-bond acceptors (Lipinski definition) is 2. The maximum absolute atomic E-state index is 14.4. The summed E-state index contributed by atoms with van der Waals surface area (Å²) in [5, 5.41) is 7.91. The van der Waals surface area contributed by atoms with Gasteiger partial charge in [0.1, 0.15) is 11.6 Å². The number of nitrogens with two attached hydrogens (primary N) is 1. The van der Waals surface area contributed by atoms with Gasteiger partial charge in [-0.1, -0.05) is 167 Å². The van der Waals surface area contributed by atoms with Gasteiger partial charge in [-0.2, -0.15) is 0 Å². The standard InChI is InChI=1S/C26H24FN.C16H10BrF.C10H15N/c1-26(2,3)20-11-13-22(14-12-20)28-23-16-19(15-21(27)17-23)25-10-6-8-18-7-4-5-9-24(18)25;17-13-8-12(9-14(18)10-13)16-7-3-5-11-4-1-2-6-15(11)16;1-10(2,3)8-4-6-9(11)7-5-8/h4-17,28H,1-3H3;1-10H;4-7H,11H2,1-3H3. The summed E-state index contributed by atoms with van der Waals surface area (Å²) in [6.07, 6.45) is 0.